The SMILES string of the molecule is Cc1nc(C)c(C(=O)N2CCSC2c2ccc(Br)cc2)s1. The molecule has 0 N–H and O–H groups in total. The smallest absolute Gasteiger partial charge is 0.267 e. The van der Waals surface area contributed by atoms with Crippen LogP contribution in [0.3, 0.4) is 0 Å². The van der Waals surface area contributed by atoms with Gasteiger partial charge in [0, 0.05) is 16.8 Å². The molecule has 1 aromatic carbocycles. The maximum absolute atomic E-state index is 12.8. The van der Waals surface area contributed by atoms with Crippen molar-refractivity contribution in [3.8, 4) is 0 Å². The number of thiazole rings is 1. The Morgan fingerprint density at radius 2 is 2.05 bits per heavy atom. The molecular weight excluding hydrogens is 368 g/mol. The maximum Gasteiger partial charge on any atom is 0.267 e. The number of amides is 1. The maximum atomic E-state index is 12.8. The average Bonchev–Trinajstić information content (AvgIpc) is 3.05. The van der Waals surface area contributed by atoms with E-state index in [1.54, 1.807) is 0 Å². The van der Waals surface area contributed by atoms with E-state index in [1.165, 1.54) is 16.9 Å². The third-order valence-electron chi connectivity index (χ3n) is 3.40. The van der Waals surface area contributed by atoms with Gasteiger partial charge in [-0.25, -0.2) is 4.98 Å². The lowest BCUT2D eigenvalue weighted by molar-refractivity contribution is 0.0764. The number of rotatable bonds is 2. The summed E-state index contributed by atoms with van der Waals surface area (Å²) in [7, 11) is 0. The summed E-state index contributed by atoms with van der Waals surface area (Å²) in [6, 6.07) is 8.22. The molecule has 3 nitrogen and oxygen atoms in total. The highest BCUT2D eigenvalue weighted by atomic mass is 79.9. The normalized spacial score (nSPS) is 18.2. The first-order chi connectivity index (χ1) is 10.1. The second-order valence-electron chi connectivity index (χ2n) is 4.92. The van der Waals surface area contributed by atoms with Crippen LogP contribution in [0.5, 0.6) is 0 Å². The number of aromatic nitrogens is 1. The zero-order valence-electron chi connectivity index (χ0n) is 11.8. The number of nitrogens with zero attached hydrogens (tertiary/aromatic N) is 2. The molecule has 1 unspecified atom stereocenters. The molecule has 110 valence electrons. The lowest BCUT2D eigenvalue weighted by Crippen LogP contribution is -2.30. The lowest BCUT2D eigenvalue weighted by Gasteiger charge is -2.23. The van der Waals surface area contributed by atoms with Crippen LogP contribution in [0.1, 0.15) is 31.3 Å². The monoisotopic (exact) mass is 382 g/mol. The molecular formula is C15H15BrN2OS2. The zero-order valence-corrected chi connectivity index (χ0v) is 15.0. The highest BCUT2D eigenvalue weighted by molar-refractivity contribution is 9.10. The number of benzene rings is 1. The van der Waals surface area contributed by atoms with Crippen molar-refractivity contribution in [3.63, 3.8) is 0 Å². The minimum Gasteiger partial charge on any atom is -0.321 e. The predicted octanol–water partition coefficient (Wildman–Crippen LogP) is 4.41. The van der Waals surface area contributed by atoms with Gasteiger partial charge in [-0.1, -0.05) is 28.1 Å². The number of carbonyl (C=O) groups excluding carboxylic acids is 1. The van der Waals surface area contributed by atoms with E-state index in [2.05, 4.69) is 33.0 Å². The molecule has 3 rings (SSSR count). The van der Waals surface area contributed by atoms with Gasteiger partial charge in [-0.2, -0.15) is 0 Å². The quantitative estimate of drug-likeness (QED) is 0.770. The number of hydrogen-bond donors (Lipinski definition) is 0. The molecule has 6 heteroatoms. The zero-order chi connectivity index (χ0) is 15.0. The second-order valence-corrected chi connectivity index (χ2v) is 8.23. The number of aryl methyl sites for hydroxylation is 2. The molecule has 0 spiro atoms. The van der Waals surface area contributed by atoms with Crippen LogP contribution in [0, 0.1) is 13.8 Å². The van der Waals surface area contributed by atoms with Crippen molar-refractivity contribution < 1.29 is 4.79 Å². The van der Waals surface area contributed by atoms with Gasteiger partial charge in [-0.05, 0) is 31.5 Å². The average molecular weight is 383 g/mol. The van der Waals surface area contributed by atoms with Crippen LogP contribution in [-0.2, 0) is 0 Å². The Kier molecular flexibility index (Phi) is 4.38. The van der Waals surface area contributed by atoms with Crippen molar-refractivity contribution in [2.75, 3.05) is 12.3 Å². The number of carbonyl (C=O) groups is 1. The lowest BCUT2D eigenvalue weighted by atomic mass is 10.2. The molecule has 1 saturated heterocycles. The Bertz CT molecular complexity index is 669. The van der Waals surface area contributed by atoms with Crippen molar-refractivity contribution in [1.82, 2.24) is 9.88 Å². The van der Waals surface area contributed by atoms with Gasteiger partial charge >= 0.3 is 0 Å². The first-order valence-electron chi connectivity index (χ1n) is 6.68. The molecule has 0 radical (unpaired) electrons. The van der Waals surface area contributed by atoms with Crippen LogP contribution in [0.4, 0.5) is 0 Å². The standard InChI is InChI=1S/C15H15BrN2OS2/c1-9-13(21-10(2)17-9)14(19)18-7-8-20-15(18)11-3-5-12(16)6-4-11/h3-6,15H,7-8H2,1-2H3. The largest absolute Gasteiger partial charge is 0.321 e. The van der Waals surface area contributed by atoms with E-state index >= 15 is 0 Å². The molecule has 1 aliphatic rings. The first kappa shape index (κ1) is 15.1. The summed E-state index contributed by atoms with van der Waals surface area (Å²) in [4.78, 5) is 19.9. The van der Waals surface area contributed by atoms with E-state index in [0.29, 0.717) is 0 Å². The molecule has 1 atom stereocenters. The second kappa shape index (κ2) is 6.10. The van der Waals surface area contributed by atoms with Crippen molar-refractivity contribution in [2.24, 2.45) is 0 Å². The highest BCUT2D eigenvalue weighted by Crippen LogP contribution is 2.39. The van der Waals surface area contributed by atoms with Crippen LogP contribution in [0.25, 0.3) is 0 Å². The van der Waals surface area contributed by atoms with E-state index in [0.717, 1.165) is 32.3 Å². The third kappa shape index (κ3) is 3.03. The Hall–Kier alpha value is -0.850. The molecule has 1 aromatic heterocycles. The van der Waals surface area contributed by atoms with E-state index in [-0.39, 0.29) is 11.3 Å². The van der Waals surface area contributed by atoms with Gasteiger partial charge in [0.05, 0.1) is 10.7 Å². The van der Waals surface area contributed by atoms with Crippen LogP contribution < -0.4 is 0 Å². The summed E-state index contributed by atoms with van der Waals surface area (Å²) in [6.07, 6.45) is 0. The molecule has 1 amide bonds. The van der Waals surface area contributed by atoms with Crippen LogP contribution >= 0.6 is 39.0 Å². The Balaban J connectivity index is 1.88. The van der Waals surface area contributed by atoms with E-state index in [9.17, 15) is 4.79 Å². The minimum absolute atomic E-state index is 0.104. The van der Waals surface area contributed by atoms with Gasteiger partial charge in [0.15, 0.2) is 0 Å². The van der Waals surface area contributed by atoms with Gasteiger partial charge in [0.25, 0.3) is 5.91 Å². The Labute approximate surface area is 140 Å². The number of thioether (sulfide) groups is 1. The highest BCUT2D eigenvalue weighted by Gasteiger charge is 2.32. The van der Waals surface area contributed by atoms with Gasteiger partial charge in [-0.3, -0.25) is 4.79 Å². The Morgan fingerprint density at radius 3 is 2.67 bits per heavy atom. The molecule has 21 heavy (non-hydrogen) atoms. The van der Waals surface area contributed by atoms with Crippen molar-refractivity contribution >= 4 is 44.9 Å². The minimum atomic E-state index is 0.104. The van der Waals surface area contributed by atoms with Gasteiger partial charge in [0.2, 0.25) is 0 Å². The number of hydrogen-bond acceptors (Lipinski definition) is 4. The summed E-state index contributed by atoms with van der Waals surface area (Å²) < 4.78 is 1.06. The molecule has 1 fully saturated rings. The molecule has 0 saturated carbocycles. The summed E-state index contributed by atoms with van der Waals surface area (Å²) in [5, 5.41) is 1.05. The first-order valence-corrected chi connectivity index (χ1v) is 9.34. The summed E-state index contributed by atoms with van der Waals surface area (Å²) in [5.74, 6) is 1.08. The number of halogens is 1. The van der Waals surface area contributed by atoms with E-state index < -0.39 is 0 Å². The predicted molar refractivity (Wildman–Crippen MR) is 92.0 cm³/mol. The van der Waals surface area contributed by atoms with Gasteiger partial charge < -0.3 is 4.90 Å². The molecule has 2 heterocycles. The molecule has 2 aromatic rings. The Morgan fingerprint density at radius 1 is 1.33 bits per heavy atom. The van der Waals surface area contributed by atoms with E-state index in [1.807, 2.05) is 42.6 Å². The van der Waals surface area contributed by atoms with Crippen molar-refractivity contribution in [3.05, 3.63) is 49.9 Å². The topological polar surface area (TPSA) is 33.2 Å². The fraction of sp³-hybridized carbons (Fsp3) is 0.333. The van der Waals surface area contributed by atoms with E-state index in [4.69, 9.17) is 0 Å². The summed E-state index contributed by atoms with van der Waals surface area (Å²) >= 11 is 6.76. The fourth-order valence-corrected chi connectivity index (χ4v) is 4.84. The van der Waals surface area contributed by atoms with Crippen molar-refractivity contribution in [2.45, 2.75) is 19.2 Å². The fourth-order valence-electron chi connectivity index (χ4n) is 2.44. The molecule has 0 aliphatic carbocycles. The molecule has 0 bridgehead atoms. The van der Waals surface area contributed by atoms with Crippen LogP contribution in [-0.4, -0.2) is 28.1 Å². The molecule has 1 aliphatic heterocycles. The summed E-state index contributed by atoms with van der Waals surface area (Å²) in [6.45, 7) is 4.65. The third-order valence-corrected chi connectivity index (χ3v) is 6.25. The van der Waals surface area contributed by atoms with Gasteiger partial charge in [0.1, 0.15) is 10.3 Å². The van der Waals surface area contributed by atoms with Crippen LogP contribution in [0.2, 0.25) is 0 Å². The van der Waals surface area contributed by atoms with Gasteiger partial charge in [-0.15, -0.1) is 23.1 Å². The van der Waals surface area contributed by atoms with Crippen molar-refractivity contribution in [1.29, 1.82) is 0 Å². The summed E-state index contributed by atoms with van der Waals surface area (Å²) in [5.41, 5.74) is 2.02. The van der Waals surface area contributed by atoms with Crippen LogP contribution in [0.15, 0.2) is 28.7 Å².